The highest BCUT2D eigenvalue weighted by molar-refractivity contribution is 5.95. The van der Waals surface area contributed by atoms with Crippen LogP contribution in [0.15, 0.2) is 17.1 Å². The molecule has 1 aromatic heterocycles. The molecule has 3 fully saturated rings. The predicted octanol–water partition coefficient (Wildman–Crippen LogP) is 3.14. The lowest BCUT2D eigenvalue weighted by Gasteiger charge is -2.22. The Morgan fingerprint density at radius 1 is 1.37 bits per heavy atom. The smallest absolute Gasteiger partial charge is 0.343 e. The van der Waals surface area contributed by atoms with Crippen molar-refractivity contribution in [3.63, 3.8) is 0 Å². The summed E-state index contributed by atoms with van der Waals surface area (Å²) in [4.78, 5) is 26.8. The number of ether oxygens (including phenoxy) is 1. The first kappa shape index (κ1) is 21.1. The summed E-state index contributed by atoms with van der Waals surface area (Å²) in [6.45, 7) is 2.79. The van der Waals surface area contributed by atoms with Gasteiger partial charge in [-0.15, -0.1) is 12.4 Å². The van der Waals surface area contributed by atoms with Crippen molar-refractivity contribution in [2.75, 3.05) is 24.6 Å². The maximum Gasteiger partial charge on any atom is 0.343 e. The van der Waals surface area contributed by atoms with E-state index in [0.717, 1.165) is 31.7 Å². The van der Waals surface area contributed by atoms with Gasteiger partial charge in [0, 0.05) is 36.8 Å². The van der Waals surface area contributed by atoms with E-state index in [1.807, 2.05) is 0 Å². The molecule has 9 heteroatoms. The zero-order chi connectivity index (χ0) is 20.5. The first-order valence-electron chi connectivity index (χ1n) is 10.1. The summed E-state index contributed by atoms with van der Waals surface area (Å²) in [5.41, 5.74) is 5.04. The molecule has 5 rings (SSSR count). The van der Waals surface area contributed by atoms with E-state index in [0.29, 0.717) is 13.1 Å². The van der Waals surface area contributed by atoms with Gasteiger partial charge in [-0.2, -0.15) is 0 Å². The number of aromatic nitrogens is 1. The SMILES string of the molecule is CCOC(=O)c1cn(C2CC2)c2c(F)c(N3CCC4(CC4N)C3)c(F)cc2c1=O.Cl. The quantitative estimate of drug-likeness (QED) is 0.740. The van der Waals surface area contributed by atoms with Crippen molar-refractivity contribution in [2.45, 2.75) is 44.7 Å². The van der Waals surface area contributed by atoms with E-state index in [2.05, 4.69) is 0 Å². The molecule has 0 radical (unpaired) electrons. The van der Waals surface area contributed by atoms with Crippen LogP contribution in [-0.4, -0.2) is 36.3 Å². The minimum atomic E-state index is -0.790. The fourth-order valence-corrected chi connectivity index (χ4v) is 4.65. The van der Waals surface area contributed by atoms with Crippen LogP contribution < -0.4 is 16.1 Å². The minimum Gasteiger partial charge on any atom is -0.462 e. The van der Waals surface area contributed by atoms with Gasteiger partial charge in [-0.3, -0.25) is 4.79 Å². The lowest BCUT2D eigenvalue weighted by atomic mass is 10.1. The summed E-state index contributed by atoms with van der Waals surface area (Å²) >= 11 is 0. The Balaban J connectivity index is 0.00000218. The average Bonchev–Trinajstić information content (AvgIpc) is 3.57. The highest BCUT2D eigenvalue weighted by Gasteiger charge is 2.56. The zero-order valence-electron chi connectivity index (χ0n) is 16.6. The topological polar surface area (TPSA) is 77.6 Å². The molecule has 162 valence electrons. The van der Waals surface area contributed by atoms with Crippen LogP contribution in [0.25, 0.3) is 10.9 Å². The molecule has 0 bridgehead atoms. The van der Waals surface area contributed by atoms with Crippen LogP contribution in [0.1, 0.15) is 49.0 Å². The Hall–Kier alpha value is -2.19. The van der Waals surface area contributed by atoms with Crippen LogP contribution in [0, 0.1) is 17.0 Å². The molecule has 2 atom stereocenters. The van der Waals surface area contributed by atoms with Gasteiger partial charge in [-0.25, -0.2) is 13.6 Å². The summed E-state index contributed by atoms with van der Waals surface area (Å²) in [7, 11) is 0. The van der Waals surface area contributed by atoms with Crippen molar-refractivity contribution < 1.29 is 18.3 Å². The third-order valence-electron chi connectivity index (χ3n) is 6.57. The van der Waals surface area contributed by atoms with Crippen molar-refractivity contribution in [1.29, 1.82) is 0 Å². The second-order valence-electron chi connectivity index (χ2n) is 8.49. The Morgan fingerprint density at radius 3 is 2.63 bits per heavy atom. The van der Waals surface area contributed by atoms with Gasteiger partial charge in [-0.1, -0.05) is 0 Å². The average molecular weight is 440 g/mol. The van der Waals surface area contributed by atoms with Crippen LogP contribution >= 0.6 is 12.4 Å². The number of pyridine rings is 1. The minimum absolute atomic E-state index is 0. The molecule has 2 aromatic rings. The van der Waals surface area contributed by atoms with Crippen LogP contribution in [0.5, 0.6) is 0 Å². The largest absolute Gasteiger partial charge is 0.462 e. The molecule has 1 aromatic carbocycles. The van der Waals surface area contributed by atoms with Gasteiger partial charge in [-0.05, 0) is 38.7 Å². The standard InChI is InChI=1S/C21H23F2N3O3.ClH/c1-2-29-20(28)13-9-26(11-3-4-11)17-12(19(13)27)7-14(22)18(16(17)23)25-6-5-21(10-25)8-15(21)24;/h7,9,11,15H,2-6,8,10,24H2,1H3;1H. The molecule has 30 heavy (non-hydrogen) atoms. The second-order valence-corrected chi connectivity index (χ2v) is 8.49. The van der Waals surface area contributed by atoms with Crippen LogP contribution in [0.2, 0.25) is 0 Å². The fraction of sp³-hybridized carbons (Fsp3) is 0.524. The van der Waals surface area contributed by atoms with Crippen molar-refractivity contribution in [3.05, 3.63) is 39.7 Å². The molecule has 6 nitrogen and oxygen atoms in total. The van der Waals surface area contributed by atoms with E-state index in [1.54, 1.807) is 16.4 Å². The monoisotopic (exact) mass is 439 g/mol. The van der Waals surface area contributed by atoms with Gasteiger partial charge in [0.15, 0.2) is 5.82 Å². The highest BCUT2D eigenvalue weighted by Crippen LogP contribution is 2.53. The highest BCUT2D eigenvalue weighted by atomic mass is 35.5. The molecule has 1 aliphatic heterocycles. The van der Waals surface area contributed by atoms with E-state index in [1.165, 1.54) is 6.20 Å². The molecule has 2 aliphatic carbocycles. The number of nitrogens with zero attached hydrogens (tertiary/aromatic N) is 2. The Bertz CT molecular complexity index is 1100. The van der Waals surface area contributed by atoms with Crippen LogP contribution in [-0.2, 0) is 4.74 Å². The predicted molar refractivity (Wildman–Crippen MR) is 111 cm³/mol. The normalized spacial score (nSPS) is 24.9. The summed E-state index contributed by atoms with van der Waals surface area (Å²) in [5, 5.41) is -0.127. The lowest BCUT2D eigenvalue weighted by Crippen LogP contribution is -2.26. The molecule has 0 amide bonds. The number of carbonyl (C=O) groups is 1. The van der Waals surface area contributed by atoms with Crippen molar-refractivity contribution in [1.82, 2.24) is 4.57 Å². The van der Waals surface area contributed by atoms with Crippen LogP contribution in [0.4, 0.5) is 14.5 Å². The number of hydrogen-bond acceptors (Lipinski definition) is 5. The maximum absolute atomic E-state index is 15.7. The zero-order valence-corrected chi connectivity index (χ0v) is 17.4. The second kappa shape index (κ2) is 7.20. The molecular formula is C21H24ClF2N3O3. The van der Waals surface area contributed by atoms with Gasteiger partial charge >= 0.3 is 5.97 Å². The number of carbonyl (C=O) groups excluding carboxylic acids is 1. The number of rotatable bonds is 4. The molecule has 1 spiro atoms. The Morgan fingerprint density at radius 2 is 2.07 bits per heavy atom. The molecule has 2 unspecified atom stereocenters. The Kier molecular flexibility index (Phi) is 5.05. The number of nitrogens with two attached hydrogens (primary N) is 1. The van der Waals surface area contributed by atoms with E-state index in [-0.39, 0.29) is 58.7 Å². The third-order valence-corrected chi connectivity index (χ3v) is 6.57. The number of halogens is 3. The van der Waals surface area contributed by atoms with E-state index in [4.69, 9.17) is 10.5 Å². The number of hydrogen-bond donors (Lipinski definition) is 1. The number of benzene rings is 1. The van der Waals surface area contributed by atoms with Gasteiger partial charge in [0.25, 0.3) is 0 Å². The Labute approximate surface area is 178 Å². The first-order chi connectivity index (χ1) is 13.9. The number of fused-ring (bicyclic) bond motifs is 1. The van der Waals surface area contributed by atoms with Crippen LogP contribution in [0.3, 0.4) is 0 Å². The van der Waals surface area contributed by atoms with Gasteiger partial charge in [0.05, 0.1) is 17.5 Å². The van der Waals surface area contributed by atoms with Gasteiger partial charge in [0.1, 0.15) is 17.1 Å². The van der Waals surface area contributed by atoms with E-state index >= 15 is 8.78 Å². The third kappa shape index (κ3) is 3.08. The van der Waals surface area contributed by atoms with Gasteiger partial charge in [0.2, 0.25) is 5.43 Å². The molecular weight excluding hydrogens is 416 g/mol. The van der Waals surface area contributed by atoms with Crippen molar-refractivity contribution in [3.8, 4) is 0 Å². The molecule has 2 N–H and O–H groups in total. The lowest BCUT2D eigenvalue weighted by molar-refractivity contribution is 0.0524. The van der Waals surface area contributed by atoms with E-state index < -0.39 is 23.0 Å². The summed E-state index contributed by atoms with van der Waals surface area (Å²) in [5.74, 6) is -2.31. The number of anilines is 1. The number of esters is 1. The first-order valence-corrected chi connectivity index (χ1v) is 10.1. The van der Waals surface area contributed by atoms with Crippen molar-refractivity contribution in [2.24, 2.45) is 11.1 Å². The van der Waals surface area contributed by atoms with E-state index in [9.17, 15) is 9.59 Å². The summed E-state index contributed by atoms with van der Waals surface area (Å²) < 4.78 is 37.3. The fourth-order valence-electron chi connectivity index (χ4n) is 4.65. The molecule has 2 heterocycles. The molecule has 3 aliphatic rings. The summed E-state index contributed by atoms with van der Waals surface area (Å²) in [6, 6.07) is 1.13. The van der Waals surface area contributed by atoms with Gasteiger partial charge < -0.3 is 19.9 Å². The maximum atomic E-state index is 15.7. The van der Waals surface area contributed by atoms with Crippen molar-refractivity contribution >= 4 is 35.0 Å². The molecule has 2 saturated carbocycles. The summed E-state index contributed by atoms with van der Waals surface area (Å²) in [6.07, 6.45) is 4.67. The molecule has 1 saturated heterocycles.